The fraction of sp³-hybridized carbons (Fsp3) is 0.333. The van der Waals surface area contributed by atoms with E-state index in [4.69, 9.17) is 17.0 Å². The number of aromatic amines is 1. The highest BCUT2D eigenvalue weighted by atomic mass is 32.1. The molecular weight excluding hydrogens is 350 g/mol. The summed E-state index contributed by atoms with van der Waals surface area (Å²) in [5.74, 6) is 1.33. The van der Waals surface area contributed by atoms with Crippen molar-refractivity contribution in [3.63, 3.8) is 0 Å². The molecule has 0 unspecified atom stereocenters. The third-order valence-corrected chi connectivity index (χ3v) is 5.02. The molecule has 1 aliphatic heterocycles. The quantitative estimate of drug-likeness (QED) is 0.716. The highest BCUT2D eigenvalue weighted by Gasteiger charge is 2.16. The molecule has 0 spiro atoms. The van der Waals surface area contributed by atoms with Crippen molar-refractivity contribution in [1.82, 2.24) is 19.5 Å². The summed E-state index contributed by atoms with van der Waals surface area (Å²) in [4.78, 5) is 26.6. The maximum absolute atomic E-state index is 12.7. The Labute approximate surface area is 155 Å². The molecule has 0 aliphatic carbocycles. The van der Waals surface area contributed by atoms with Crippen molar-refractivity contribution in [2.75, 3.05) is 25.1 Å². The van der Waals surface area contributed by atoms with Gasteiger partial charge >= 0.3 is 0 Å². The Morgan fingerprint density at radius 3 is 2.58 bits per heavy atom. The van der Waals surface area contributed by atoms with Crippen LogP contribution in [0.4, 0.5) is 5.95 Å². The first-order valence-corrected chi connectivity index (χ1v) is 8.99. The van der Waals surface area contributed by atoms with Crippen LogP contribution < -0.4 is 15.2 Å². The van der Waals surface area contributed by atoms with Gasteiger partial charge in [0.05, 0.1) is 7.11 Å². The van der Waals surface area contributed by atoms with Crippen LogP contribution in [0.15, 0.2) is 35.4 Å². The van der Waals surface area contributed by atoms with Crippen molar-refractivity contribution < 1.29 is 4.74 Å². The first-order chi connectivity index (χ1) is 12.7. The van der Waals surface area contributed by atoms with Gasteiger partial charge in [0, 0.05) is 18.8 Å². The zero-order valence-electron chi connectivity index (χ0n) is 14.4. The number of methoxy groups -OCH3 is 1. The summed E-state index contributed by atoms with van der Waals surface area (Å²) in [7, 11) is 1.61. The summed E-state index contributed by atoms with van der Waals surface area (Å²) in [6, 6.07) is 7.41. The van der Waals surface area contributed by atoms with Crippen LogP contribution in [-0.2, 0) is 0 Å². The number of nitrogens with zero attached hydrogens (tertiary/aromatic N) is 4. The second kappa shape index (κ2) is 6.87. The molecule has 3 heterocycles. The lowest BCUT2D eigenvalue weighted by Gasteiger charge is -2.26. The van der Waals surface area contributed by atoms with Gasteiger partial charge < -0.3 is 9.64 Å². The van der Waals surface area contributed by atoms with Crippen molar-refractivity contribution in [2.45, 2.75) is 19.3 Å². The molecule has 1 aliphatic rings. The molecule has 7 nitrogen and oxygen atoms in total. The van der Waals surface area contributed by atoms with Crippen LogP contribution in [-0.4, -0.2) is 39.7 Å². The fourth-order valence-corrected chi connectivity index (χ4v) is 3.54. The Hall–Kier alpha value is -2.74. The number of H-pyrrole nitrogens is 1. The van der Waals surface area contributed by atoms with Gasteiger partial charge in [0.1, 0.15) is 22.1 Å². The SMILES string of the molecule is COc1ccc(-n2cnc3nc(N4CCCCC4)[nH]c(=O)c3c2=S)cc1. The number of hydrogen-bond acceptors (Lipinski definition) is 6. The van der Waals surface area contributed by atoms with Crippen LogP contribution in [0.1, 0.15) is 19.3 Å². The fourth-order valence-electron chi connectivity index (χ4n) is 3.20. The predicted octanol–water partition coefficient (Wildman–Crippen LogP) is 2.84. The van der Waals surface area contributed by atoms with E-state index in [-0.39, 0.29) is 5.56 Å². The van der Waals surface area contributed by atoms with Crippen LogP contribution >= 0.6 is 12.2 Å². The minimum absolute atomic E-state index is 0.254. The summed E-state index contributed by atoms with van der Waals surface area (Å²) in [5, 5.41) is 0.332. The number of nitrogens with one attached hydrogen (secondary N) is 1. The molecule has 1 fully saturated rings. The molecule has 8 heteroatoms. The lowest BCUT2D eigenvalue weighted by Crippen LogP contribution is -2.32. The average Bonchev–Trinajstić information content (AvgIpc) is 2.69. The molecule has 2 aromatic heterocycles. The molecule has 1 aromatic carbocycles. The molecule has 1 N–H and O–H groups in total. The molecule has 0 atom stereocenters. The lowest BCUT2D eigenvalue weighted by atomic mass is 10.1. The summed E-state index contributed by atoms with van der Waals surface area (Å²) in [5.41, 5.74) is 0.935. The predicted molar refractivity (Wildman–Crippen MR) is 103 cm³/mol. The molecule has 3 aromatic rings. The van der Waals surface area contributed by atoms with Gasteiger partial charge in [-0.05, 0) is 43.5 Å². The zero-order chi connectivity index (χ0) is 18.1. The van der Waals surface area contributed by atoms with Gasteiger partial charge in [-0.1, -0.05) is 12.2 Å². The molecule has 26 heavy (non-hydrogen) atoms. The van der Waals surface area contributed by atoms with E-state index in [2.05, 4.69) is 19.9 Å². The Morgan fingerprint density at radius 1 is 1.15 bits per heavy atom. The third-order valence-electron chi connectivity index (χ3n) is 4.62. The number of ether oxygens (including phenoxy) is 1. The molecule has 0 radical (unpaired) electrons. The first kappa shape index (κ1) is 16.7. The minimum Gasteiger partial charge on any atom is -0.497 e. The number of anilines is 1. The summed E-state index contributed by atoms with van der Waals surface area (Å²) in [6.45, 7) is 1.79. The second-order valence-electron chi connectivity index (χ2n) is 6.25. The number of rotatable bonds is 3. The highest BCUT2D eigenvalue weighted by Crippen LogP contribution is 2.19. The van der Waals surface area contributed by atoms with Crippen molar-refractivity contribution in [1.29, 1.82) is 0 Å². The molecule has 4 rings (SSSR count). The van der Waals surface area contributed by atoms with Crippen LogP contribution in [0, 0.1) is 4.64 Å². The van der Waals surface area contributed by atoms with Crippen LogP contribution in [0.3, 0.4) is 0 Å². The van der Waals surface area contributed by atoms with Crippen molar-refractivity contribution in [3.8, 4) is 11.4 Å². The second-order valence-corrected chi connectivity index (χ2v) is 6.64. The number of benzene rings is 1. The topological polar surface area (TPSA) is 76.0 Å². The van der Waals surface area contributed by atoms with E-state index in [9.17, 15) is 4.79 Å². The maximum Gasteiger partial charge on any atom is 0.264 e. The zero-order valence-corrected chi connectivity index (χ0v) is 15.3. The van der Waals surface area contributed by atoms with Crippen LogP contribution in [0.25, 0.3) is 16.7 Å². The third kappa shape index (κ3) is 2.96. The summed E-state index contributed by atoms with van der Waals surface area (Å²) in [6.07, 6.45) is 5.03. The van der Waals surface area contributed by atoms with E-state index < -0.39 is 0 Å². The van der Waals surface area contributed by atoms with E-state index in [1.807, 2.05) is 24.3 Å². The maximum atomic E-state index is 12.7. The van der Waals surface area contributed by atoms with Crippen molar-refractivity contribution >= 4 is 29.2 Å². The molecular formula is C18H19N5O2S. The summed E-state index contributed by atoms with van der Waals surface area (Å²) >= 11 is 5.54. The Balaban J connectivity index is 1.81. The van der Waals surface area contributed by atoms with Gasteiger partial charge in [-0.3, -0.25) is 14.3 Å². The van der Waals surface area contributed by atoms with Crippen LogP contribution in [0.5, 0.6) is 5.75 Å². The molecule has 0 amide bonds. The molecule has 1 saturated heterocycles. The Bertz CT molecular complexity index is 1050. The van der Waals surface area contributed by atoms with E-state index in [0.717, 1.165) is 37.4 Å². The monoisotopic (exact) mass is 369 g/mol. The van der Waals surface area contributed by atoms with E-state index in [0.29, 0.717) is 21.6 Å². The Morgan fingerprint density at radius 2 is 1.88 bits per heavy atom. The minimum atomic E-state index is -0.254. The number of piperidine rings is 1. The summed E-state index contributed by atoms with van der Waals surface area (Å²) < 4.78 is 7.27. The lowest BCUT2D eigenvalue weighted by molar-refractivity contribution is 0.414. The van der Waals surface area contributed by atoms with E-state index in [1.54, 1.807) is 18.0 Å². The van der Waals surface area contributed by atoms with Gasteiger partial charge in [-0.15, -0.1) is 0 Å². The van der Waals surface area contributed by atoms with Gasteiger partial charge in [0.25, 0.3) is 5.56 Å². The number of aromatic nitrogens is 4. The molecule has 0 saturated carbocycles. The molecule has 134 valence electrons. The largest absolute Gasteiger partial charge is 0.497 e. The average molecular weight is 369 g/mol. The van der Waals surface area contributed by atoms with Crippen LogP contribution in [0.2, 0.25) is 0 Å². The Kier molecular flexibility index (Phi) is 4.42. The van der Waals surface area contributed by atoms with Crippen molar-refractivity contribution in [2.24, 2.45) is 0 Å². The number of hydrogen-bond donors (Lipinski definition) is 1. The molecule has 0 bridgehead atoms. The van der Waals surface area contributed by atoms with E-state index >= 15 is 0 Å². The van der Waals surface area contributed by atoms with Gasteiger partial charge in [0.15, 0.2) is 5.65 Å². The first-order valence-electron chi connectivity index (χ1n) is 8.58. The van der Waals surface area contributed by atoms with E-state index in [1.165, 1.54) is 6.42 Å². The van der Waals surface area contributed by atoms with Gasteiger partial charge in [-0.2, -0.15) is 4.98 Å². The van der Waals surface area contributed by atoms with Gasteiger partial charge in [-0.25, -0.2) is 4.98 Å². The van der Waals surface area contributed by atoms with Gasteiger partial charge in [0.2, 0.25) is 5.95 Å². The normalized spacial score (nSPS) is 14.6. The van der Waals surface area contributed by atoms with Crippen molar-refractivity contribution in [3.05, 3.63) is 45.6 Å². The standard InChI is InChI=1S/C18H19N5O2S/c1-25-13-7-5-12(6-8-13)23-11-19-15-14(17(23)26)16(24)21-18(20-15)22-9-3-2-4-10-22/h5-8,11H,2-4,9-10H2,1H3,(H,20,21,24). The number of fused-ring (bicyclic) bond motifs is 1. The smallest absolute Gasteiger partial charge is 0.264 e. The highest BCUT2D eigenvalue weighted by molar-refractivity contribution is 7.71.